The number of aryl methyl sites for hydroxylation is 1. The van der Waals surface area contributed by atoms with Gasteiger partial charge in [-0.1, -0.05) is 12.8 Å². The molecule has 2 aliphatic rings. The van der Waals surface area contributed by atoms with Gasteiger partial charge >= 0.3 is 11.9 Å². The van der Waals surface area contributed by atoms with Gasteiger partial charge < -0.3 is 14.8 Å². The maximum atomic E-state index is 12.3. The zero-order chi connectivity index (χ0) is 18.5. The van der Waals surface area contributed by atoms with Crippen LogP contribution in [0.15, 0.2) is 0 Å². The zero-order valence-corrected chi connectivity index (χ0v) is 15.9. The number of nitrogens with one attached hydrogen (secondary N) is 1. The summed E-state index contributed by atoms with van der Waals surface area (Å²) in [5, 5.41) is 3.23. The first kappa shape index (κ1) is 18.9. The average molecular weight is 379 g/mol. The van der Waals surface area contributed by atoms with Crippen molar-refractivity contribution in [1.29, 1.82) is 0 Å². The highest BCUT2D eigenvalue weighted by Crippen LogP contribution is 2.39. The molecular weight excluding hydrogens is 354 g/mol. The van der Waals surface area contributed by atoms with Crippen LogP contribution in [0.2, 0.25) is 0 Å². The van der Waals surface area contributed by atoms with E-state index in [9.17, 15) is 14.4 Å². The number of ether oxygens (including phenoxy) is 2. The molecule has 1 saturated carbocycles. The van der Waals surface area contributed by atoms with Crippen LogP contribution in [0.3, 0.4) is 0 Å². The fourth-order valence-electron chi connectivity index (χ4n) is 3.73. The standard InChI is InChI=1S/C19H25NO5S/c1-2-24-19(23)17-13-8-5-9-14(13)26-18(17)20-15(21)11-25-16(22)10-12-6-3-4-7-12/h12H,2-11H2,1H3,(H,20,21). The van der Waals surface area contributed by atoms with Crippen LogP contribution < -0.4 is 5.32 Å². The van der Waals surface area contributed by atoms with Crippen LogP contribution in [0.4, 0.5) is 5.00 Å². The molecule has 1 amide bonds. The molecule has 0 atom stereocenters. The number of amides is 1. The Bertz CT molecular complexity index is 690. The molecule has 6 nitrogen and oxygen atoms in total. The predicted molar refractivity (Wildman–Crippen MR) is 98.5 cm³/mol. The lowest BCUT2D eigenvalue weighted by Gasteiger charge is -2.10. The van der Waals surface area contributed by atoms with E-state index < -0.39 is 11.9 Å². The molecule has 1 aromatic rings. The summed E-state index contributed by atoms with van der Waals surface area (Å²) in [6.45, 7) is 1.72. The van der Waals surface area contributed by atoms with Crippen LogP contribution in [-0.2, 0) is 31.9 Å². The molecular formula is C19H25NO5S. The number of anilines is 1. The van der Waals surface area contributed by atoms with Crippen LogP contribution in [0.5, 0.6) is 0 Å². The second kappa shape index (κ2) is 8.66. The van der Waals surface area contributed by atoms with Gasteiger partial charge in [0.05, 0.1) is 12.2 Å². The summed E-state index contributed by atoms with van der Waals surface area (Å²) in [6, 6.07) is 0. The van der Waals surface area contributed by atoms with E-state index in [4.69, 9.17) is 9.47 Å². The molecule has 1 fully saturated rings. The highest BCUT2D eigenvalue weighted by atomic mass is 32.1. The third-order valence-corrected chi connectivity index (χ3v) is 6.16. The molecule has 0 radical (unpaired) electrons. The minimum absolute atomic E-state index is 0.287. The summed E-state index contributed by atoms with van der Waals surface area (Å²) in [7, 11) is 0. The molecule has 0 saturated heterocycles. The number of hydrogen-bond donors (Lipinski definition) is 1. The fraction of sp³-hybridized carbons (Fsp3) is 0.632. The van der Waals surface area contributed by atoms with Gasteiger partial charge in [-0.25, -0.2) is 4.79 Å². The summed E-state index contributed by atoms with van der Waals surface area (Å²) in [6.07, 6.45) is 7.59. The van der Waals surface area contributed by atoms with E-state index in [1.807, 2.05) is 0 Å². The van der Waals surface area contributed by atoms with Crippen LogP contribution in [0, 0.1) is 5.92 Å². The number of rotatable bonds is 7. The molecule has 0 unspecified atom stereocenters. The van der Waals surface area contributed by atoms with Crippen molar-refractivity contribution in [2.24, 2.45) is 5.92 Å². The quantitative estimate of drug-likeness (QED) is 0.734. The van der Waals surface area contributed by atoms with Crippen molar-refractivity contribution in [2.45, 2.75) is 58.3 Å². The molecule has 0 aliphatic heterocycles. The molecule has 0 spiro atoms. The number of carbonyl (C=O) groups is 3. The number of thiophene rings is 1. The Morgan fingerprint density at radius 2 is 1.88 bits per heavy atom. The summed E-state index contributed by atoms with van der Waals surface area (Å²) in [5.41, 5.74) is 1.46. The van der Waals surface area contributed by atoms with Crippen molar-refractivity contribution in [1.82, 2.24) is 0 Å². The Kier molecular flexibility index (Phi) is 6.29. The molecule has 0 aromatic carbocycles. The van der Waals surface area contributed by atoms with Gasteiger partial charge in [0.25, 0.3) is 5.91 Å². The maximum absolute atomic E-state index is 12.3. The smallest absolute Gasteiger partial charge is 0.341 e. The summed E-state index contributed by atoms with van der Waals surface area (Å²) in [5.74, 6) is -0.761. The van der Waals surface area contributed by atoms with E-state index in [0.29, 0.717) is 22.9 Å². The lowest BCUT2D eigenvalue weighted by atomic mass is 10.1. The van der Waals surface area contributed by atoms with Crippen molar-refractivity contribution >= 4 is 34.2 Å². The van der Waals surface area contributed by atoms with Crippen molar-refractivity contribution in [2.75, 3.05) is 18.5 Å². The summed E-state index contributed by atoms with van der Waals surface area (Å²) < 4.78 is 10.2. The summed E-state index contributed by atoms with van der Waals surface area (Å²) >= 11 is 1.42. The summed E-state index contributed by atoms with van der Waals surface area (Å²) in [4.78, 5) is 37.4. The van der Waals surface area contributed by atoms with E-state index in [1.165, 1.54) is 11.3 Å². The minimum atomic E-state index is -0.421. The monoisotopic (exact) mass is 379 g/mol. The molecule has 26 heavy (non-hydrogen) atoms. The molecule has 1 aromatic heterocycles. The van der Waals surface area contributed by atoms with Gasteiger partial charge in [-0.05, 0) is 50.5 Å². The SMILES string of the molecule is CCOC(=O)c1c(NC(=O)COC(=O)CC2CCCC2)sc2c1CCC2. The average Bonchev–Trinajstić information content (AvgIpc) is 3.30. The maximum Gasteiger partial charge on any atom is 0.341 e. The van der Waals surface area contributed by atoms with Crippen molar-refractivity contribution < 1.29 is 23.9 Å². The Morgan fingerprint density at radius 3 is 2.62 bits per heavy atom. The first-order valence-corrected chi connectivity index (χ1v) is 10.2. The molecule has 2 aliphatic carbocycles. The Balaban J connectivity index is 1.57. The topological polar surface area (TPSA) is 81.7 Å². The lowest BCUT2D eigenvalue weighted by Crippen LogP contribution is -2.22. The Hall–Kier alpha value is -1.89. The Morgan fingerprint density at radius 1 is 1.12 bits per heavy atom. The molecule has 0 bridgehead atoms. The van der Waals surface area contributed by atoms with Gasteiger partial charge in [0.1, 0.15) is 5.00 Å². The van der Waals surface area contributed by atoms with E-state index in [0.717, 1.165) is 55.4 Å². The van der Waals surface area contributed by atoms with Crippen LogP contribution in [0.1, 0.15) is 66.2 Å². The van der Waals surface area contributed by atoms with E-state index in [-0.39, 0.29) is 19.2 Å². The van der Waals surface area contributed by atoms with Gasteiger partial charge in [0.2, 0.25) is 0 Å². The van der Waals surface area contributed by atoms with Crippen molar-refractivity contribution in [3.63, 3.8) is 0 Å². The third kappa shape index (κ3) is 4.44. The molecule has 7 heteroatoms. The second-order valence-corrected chi connectivity index (χ2v) is 7.95. The fourth-order valence-corrected chi connectivity index (χ4v) is 5.02. The van der Waals surface area contributed by atoms with Crippen molar-refractivity contribution in [3.8, 4) is 0 Å². The first-order chi connectivity index (χ1) is 12.6. The third-order valence-electron chi connectivity index (χ3n) is 4.95. The highest BCUT2D eigenvalue weighted by Gasteiger charge is 2.28. The second-order valence-electron chi connectivity index (χ2n) is 6.85. The number of esters is 2. The molecule has 3 rings (SSSR count). The number of carbonyl (C=O) groups excluding carboxylic acids is 3. The lowest BCUT2D eigenvalue weighted by molar-refractivity contribution is -0.148. The number of fused-ring (bicyclic) bond motifs is 1. The van der Waals surface area contributed by atoms with Crippen LogP contribution >= 0.6 is 11.3 Å². The van der Waals surface area contributed by atoms with E-state index in [2.05, 4.69) is 5.32 Å². The van der Waals surface area contributed by atoms with E-state index >= 15 is 0 Å². The first-order valence-electron chi connectivity index (χ1n) is 9.35. The largest absolute Gasteiger partial charge is 0.462 e. The number of hydrogen-bond acceptors (Lipinski definition) is 6. The zero-order valence-electron chi connectivity index (χ0n) is 15.1. The predicted octanol–water partition coefficient (Wildman–Crippen LogP) is 3.48. The molecule has 1 heterocycles. The van der Waals surface area contributed by atoms with Crippen LogP contribution in [0.25, 0.3) is 0 Å². The van der Waals surface area contributed by atoms with Gasteiger partial charge in [-0.15, -0.1) is 11.3 Å². The highest BCUT2D eigenvalue weighted by molar-refractivity contribution is 7.17. The Labute approximate surface area is 157 Å². The van der Waals surface area contributed by atoms with E-state index in [1.54, 1.807) is 6.92 Å². The van der Waals surface area contributed by atoms with Gasteiger partial charge in [0, 0.05) is 11.3 Å². The normalized spacial score (nSPS) is 16.3. The molecule has 142 valence electrons. The minimum Gasteiger partial charge on any atom is -0.462 e. The van der Waals surface area contributed by atoms with Gasteiger partial charge in [0.15, 0.2) is 6.61 Å². The van der Waals surface area contributed by atoms with Gasteiger partial charge in [-0.2, -0.15) is 0 Å². The van der Waals surface area contributed by atoms with Crippen LogP contribution in [-0.4, -0.2) is 31.1 Å². The molecule has 1 N–H and O–H groups in total. The van der Waals surface area contributed by atoms with Gasteiger partial charge in [-0.3, -0.25) is 9.59 Å². The van der Waals surface area contributed by atoms with Crippen molar-refractivity contribution in [3.05, 3.63) is 16.0 Å².